The number of aromatic nitrogens is 2. The van der Waals surface area contributed by atoms with E-state index in [9.17, 15) is 0 Å². The van der Waals surface area contributed by atoms with Crippen molar-refractivity contribution >= 4 is 39.0 Å². The molecule has 1 saturated carbocycles. The van der Waals surface area contributed by atoms with E-state index in [1.807, 2.05) is 0 Å². The molecule has 5 heteroatoms. The topological polar surface area (TPSA) is 29.0 Å². The van der Waals surface area contributed by atoms with E-state index in [1.165, 1.54) is 12.8 Å². The molecule has 90 valence electrons. The number of hydrogen-bond acceptors (Lipinski definition) is 4. The number of rotatable bonds is 4. The molecule has 2 aromatic rings. The van der Waals surface area contributed by atoms with Crippen molar-refractivity contribution in [2.75, 3.05) is 11.4 Å². The molecule has 0 unspecified atom stereocenters. The van der Waals surface area contributed by atoms with Gasteiger partial charge in [-0.2, -0.15) is 4.98 Å². The molecule has 0 aliphatic heterocycles. The van der Waals surface area contributed by atoms with E-state index in [4.69, 9.17) is 11.6 Å². The van der Waals surface area contributed by atoms with Gasteiger partial charge in [0.25, 0.3) is 0 Å². The number of nitrogens with zero attached hydrogens (tertiary/aromatic N) is 3. The van der Waals surface area contributed by atoms with Crippen LogP contribution >= 0.6 is 22.9 Å². The third kappa shape index (κ3) is 2.11. The van der Waals surface area contributed by atoms with Crippen LogP contribution in [-0.2, 0) is 0 Å². The summed E-state index contributed by atoms with van der Waals surface area (Å²) in [5.41, 5.74) is 0. The van der Waals surface area contributed by atoms with Crippen molar-refractivity contribution in [1.82, 2.24) is 9.97 Å². The van der Waals surface area contributed by atoms with Crippen molar-refractivity contribution in [2.24, 2.45) is 0 Å². The van der Waals surface area contributed by atoms with Gasteiger partial charge in [-0.3, -0.25) is 0 Å². The lowest BCUT2D eigenvalue weighted by Crippen LogP contribution is -2.27. The Labute approximate surface area is 109 Å². The molecule has 3 rings (SSSR count). The summed E-state index contributed by atoms with van der Waals surface area (Å²) in [4.78, 5) is 12.1. The summed E-state index contributed by atoms with van der Waals surface area (Å²) in [5.74, 6) is 1.02. The molecule has 0 atom stereocenters. The molecule has 0 spiro atoms. The van der Waals surface area contributed by atoms with Crippen LogP contribution in [0.3, 0.4) is 0 Å². The van der Waals surface area contributed by atoms with Crippen LogP contribution in [-0.4, -0.2) is 22.6 Å². The minimum atomic E-state index is 0.358. The average Bonchev–Trinajstić information content (AvgIpc) is 3.04. The number of thiophene rings is 1. The predicted molar refractivity (Wildman–Crippen MR) is 73.1 cm³/mol. The molecule has 0 saturated heterocycles. The predicted octanol–water partition coefficient (Wildman–Crippen LogP) is 3.72. The fourth-order valence-electron chi connectivity index (χ4n) is 2.12. The van der Waals surface area contributed by atoms with Crippen molar-refractivity contribution in [1.29, 1.82) is 0 Å². The van der Waals surface area contributed by atoms with E-state index in [-0.39, 0.29) is 0 Å². The molecule has 0 bridgehead atoms. The molecule has 1 aliphatic rings. The third-order valence-electron chi connectivity index (χ3n) is 3.00. The van der Waals surface area contributed by atoms with Gasteiger partial charge in [0, 0.05) is 12.6 Å². The van der Waals surface area contributed by atoms with Gasteiger partial charge in [0.2, 0.25) is 5.28 Å². The van der Waals surface area contributed by atoms with Gasteiger partial charge in [0.05, 0.1) is 5.39 Å². The van der Waals surface area contributed by atoms with Gasteiger partial charge in [0.15, 0.2) is 0 Å². The molecular weight excluding hydrogens is 254 g/mol. The highest BCUT2D eigenvalue weighted by Gasteiger charge is 2.30. The maximum Gasteiger partial charge on any atom is 0.225 e. The minimum Gasteiger partial charge on any atom is -0.353 e. The van der Waals surface area contributed by atoms with E-state index in [0.29, 0.717) is 11.3 Å². The summed E-state index contributed by atoms with van der Waals surface area (Å²) in [7, 11) is 0. The largest absolute Gasteiger partial charge is 0.353 e. The van der Waals surface area contributed by atoms with E-state index < -0.39 is 0 Å². The smallest absolute Gasteiger partial charge is 0.225 e. The number of anilines is 1. The number of halogens is 1. The van der Waals surface area contributed by atoms with E-state index >= 15 is 0 Å². The fraction of sp³-hybridized carbons (Fsp3) is 0.500. The van der Waals surface area contributed by atoms with Crippen LogP contribution in [0.15, 0.2) is 11.4 Å². The summed E-state index contributed by atoms with van der Waals surface area (Å²) in [6.45, 7) is 3.24. The summed E-state index contributed by atoms with van der Waals surface area (Å²) in [5, 5.41) is 3.55. The van der Waals surface area contributed by atoms with E-state index in [0.717, 1.165) is 29.0 Å². The zero-order chi connectivity index (χ0) is 11.8. The van der Waals surface area contributed by atoms with Gasteiger partial charge in [-0.25, -0.2) is 4.98 Å². The van der Waals surface area contributed by atoms with Crippen LogP contribution in [0.25, 0.3) is 10.2 Å². The lowest BCUT2D eigenvalue weighted by atomic mass is 10.3. The Morgan fingerprint density at radius 3 is 3.00 bits per heavy atom. The summed E-state index contributed by atoms with van der Waals surface area (Å²) in [6.07, 6.45) is 3.67. The van der Waals surface area contributed by atoms with Crippen molar-refractivity contribution in [3.05, 3.63) is 16.7 Å². The highest BCUT2D eigenvalue weighted by molar-refractivity contribution is 7.16. The van der Waals surface area contributed by atoms with Crippen molar-refractivity contribution < 1.29 is 0 Å². The molecule has 2 aromatic heterocycles. The molecule has 3 nitrogen and oxygen atoms in total. The first-order chi connectivity index (χ1) is 8.29. The molecular formula is C12H14ClN3S. The molecule has 0 radical (unpaired) electrons. The summed E-state index contributed by atoms with van der Waals surface area (Å²) < 4.78 is 0. The Balaban J connectivity index is 2.09. The van der Waals surface area contributed by atoms with Gasteiger partial charge >= 0.3 is 0 Å². The summed E-state index contributed by atoms with van der Waals surface area (Å²) >= 11 is 7.63. The Morgan fingerprint density at radius 2 is 2.29 bits per heavy atom. The molecule has 17 heavy (non-hydrogen) atoms. The first kappa shape index (κ1) is 11.2. The zero-order valence-electron chi connectivity index (χ0n) is 9.69. The highest BCUT2D eigenvalue weighted by Crippen LogP contribution is 2.36. The Kier molecular flexibility index (Phi) is 2.92. The van der Waals surface area contributed by atoms with Gasteiger partial charge < -0.3 is 4.90 Å². The minimum absolute atomic E-state index is 0.358. The third-order valence-corrected chi connectivity index (χ3v) is 3.98. The summed E-state index contributed by atoms with van der Waals surface area (Å²) in [6, 6.07) is 2.75. The Hall–Kier alpha value is -0.870. The van der Waals surface area contributed by atoms with Gasteiger partial charge in [-0.15, -0.1) is 11.3 Å². The van der Waals surface area contributed by atoms with E-state index in [1.54, 1.807) is 11.3 Å². The van der Waals surface area contributed by atoms with Crippen LogP contribution in [0.1, 0.15) is 26.2 Å². The second kappa shape index (κ2) is 4.42. The Morgan fingerprint density at radius 1 is 1.47 bits per heavy atom. The first-order valence-electron chi connectivity index (χ1n) is 5.97. The lowest BCUT2D eigenvalue weighted by molar-refractivity contribution is 0.753. The van der Waals surface area contributed by atoms with Gasteiger partial charge in [-0.05, 0) is 42.3 Å². The van der Waals surface area contributed by atoms with E-state index in [2.05, 4.69) is 33.2 Å². The Bertz CT molecular complexity index is 536. The highest BCUT2D eigenvalue weighted by atomic mass is 35.5. The van der Waals surface area contributed by atoms with Crippen LogP contribution in [0.5, 0.6) is 0 Å². The van der Waals surface area contributed by atoms with Crippen LogP contribution in [0.2, 0.25) is 5.28 Å². The van der Waals surface area contributed by atoms with Crippen LogP contribution in [0, 0.1) is 0 Å². The standard InChI is InChI=1S/C12H14ClN3S/c1-2-6-16(8-3-4-8)10-9-5-7-17-11(9)15-12(13)14-10/h5,7-8H,2-4,6H2,1H3. The number of fused-ring (bicyclic) bond motifs is 1. The second-order valence-electron chi connectivity index (χ2n) is 4.38. The van der Waals surface area contributed by atoms with Crippen molar-refractivity contribution in [2.45, 2.75) is 32.2 Å². The van der Waals surface area contributed by atoms with Gasteiger partial charge in [0.1, 0.15) is 10.6 Å². The van der Waals surface area contributed by atoms with Crippen molar-refractivity contribution in [3.63, 3.8) is 0 Å². The quantitative estimate of drug-likeness (QED) is 0.791. The average molecular weight is 268 g/mol. The molecule has 1 fully saturated rings. The van der Waals surface area contributed by atoms with Crippen LogP contribution < -0.4 is 4.90 Å². The molecule has 1 aliphatic carbocycles. The molecule has 2 heterocycles. The first-order valence-corrected chi connectivity index (χ1v) is 7.22. The monoisotopic (exact) mass is 267 g/mol. The molecule has 0 aromatic carbocycles. The maximum atomic E-state index is 6.01. The normalized spacial score (nSPS) is 15.4. The maximum absolute atomic E-state index is 6.01. The van der Waals surface area contributed by atoms with Crippen LogP contribution in [0.4, 0.5) is 5.82 Å². The molecule has 0 N–H and O–H groups in total. The van der Waals surface area contributed by atoms with Crippen molar-refractivity contribution in [3.8, 4) is 0 Å². The molecule has 0 amide bonds. The zero-order valence-corrected chi connectivity index (χ0v) is 11.3. The fourth-order valence-corrected chi connectivity index (χ4v) is 3.10. The lowest BCUT2D eigenvalue weighted by Gasteiger charge is -2.23. The SMILES string of the molecule is CCCN(c1nc(Cl)nc2sccc12)C1CC1. The number of hydrogen-bond donors (Lipinski definition) is 0. The second-order valence-corrected chi connectivity index (χ2v) is 5.61. The van der Waals surface area contributed by atoms with Gasteiger partial charge in [-0.1, -0.05) is 6.92 Å².